The van der Waals surface area contributed by atoms with Crippen LogP contribution in [-0.4, -0.2) is 20.2 Å². The summed E-state index contributed by atoms with van der Waals surface area (Å²) >= 11 is 0. The molecule has 0 bridgehead atoms. The van der Waals surface area contributed by atoms with E-state index < -0.39 is 5.82 Å². The van der Waals surface area contributed by atoms with Crippen molar-refractivity contribution in [2.24, 2.45) is 0 Å². The van der Waals surface area contributed by atoms with Crippen molar-refractivity contribution in [1.82, 2.24) is 14.5 Å². The van der Waals surface area contributed by atoms with Gasteiger partial charge in [0.05, 0.1) is 17.5 Å². The molecule has 4 N–H and O–H groups in total. The number of nitrogens with zero attached hydrogens (tertiary/aromatic N) is 3. The molecule has 0 aliphatic rings. The van der Waals surface area contributed by atoms with Crippen molar-refractivity contribution in [2.75, 3.05) is 11.1 Å². The Morgan fingerprint density at radius 2 is 2.00 bits per heavy atom. The molecule has 8 heteroatoms. The minimum atomic E-state index is -0.531. The Balaban J connectivity index is 0.00000145. The monoisotopic (exact) mass is 398 g/mol. The fraction of sp³-hybridized carbons (Fsp3) is 0.333. The summed E-state index contributed by atoms with van der Waals surface area (Å²) in [6, 6.07) is 6.21. The molecule has 1 aromatic carbocycles. The molecule has 0 fully saturated rings. The van der Waals surface area contributed by atoms with Crippen molar-refractivity contribution in [3.63, 3.8) is 0 Å². The van der Waals surface area contributed by atoms with E-state index in [1.807, 2.05) is 27.7 Å². The standard InChI is InChI=1S/C19H21FN6O.C2H6/c1-10(2)26-13(7-12-5-4-6-14(20)16(12)19(26)27)8-23-18-15(11(3)21)17(22)24-9-25-18;1-2/h4-7,9-10,21H,8H2,1-3H3,(H3,22,23,24,25);1-2H3. The van der Waals surface area contributed by atoms with E-state index in [9.17, 15) is 9.18 Å². The first-order valence-corrected chi connectivity index (χ1v) is 9.53. The highest BCUT2D eigenvalue weighted by Gasteiger charge is 2.16. The van der Waals surface area contributed by atoms with E-state index in [0.29, 0.717) is 22.5 Å². The summed E-state index contributed by atoms with van der Waals surface area (Å²) in [5.74, 6) is 0.0932. The van der Waals surface area contributed by atoms with Crippen LogP contribution in [0.1, 0.15) is 51.9 Å². The second kappa shape index (κ2) is 9.27. The highest BCUT2D eigenvalue weighted by atomic mass is 19.1. The van der Waals surface area contributed by atoms with Gasteiger partial charge in [-0.15, -0.1) is 0 Å². The summed E-state index contributed by atoms with van der Waals surface area (Å²) in [5.41, 5.74) is 6.82. The lowest BCUT2D eigenvalue weighted by atomic mass is 10.1. The van der Waals surface area contributed by atoms with E-state index in [2.05, 4.69) is 15.3 Å². The van der Waals surface area contributed by atoms with Crippen LogP contribution in [0.2, 0.25) is 0 Å². The first-order chi connectivity index (χ1) is 13.8. The average Bonchev–Trinajstić information content (AvgIpc) is 2.67. The van der Waals surface area contributed by atoms with Crippen LogP contribution in [0.5, 0.6) is 0 Å². The van der Waals surface area contributed by atoms with Gasteiger partial charge in [0.15, 0.2) is 0 Å². The molecule has 0 spiro atoms. The zero-order chi connectivity index (χ0) is 21.7. The summed E-state index contributed by atoms with van der Waals surface area (Å²) in [6.07, 6.45) is 1.31. The van der Waals surface area contributed by atoms with Crippen molar-refractivity contribution in [1.29, 1.82) is 5.41 Å². The van der Waals surface area contributed by atoms with Crippen molar-refractivity contribution in [3.05, 3.63) is 58.0 Å². The molecule has 0 amide bonds. The Morgan fingerprint density at radius 1 is 1.31 bits per heavy atom. The molecule has 0 saturated heterocycles. The zero-order valence-electron chi connectivity index (χ0n) is 17.4. The topological polar surface area (TPSA) is 110 Å². The maximum absolute atomic E-state index is 14.2. The lowest BCUT2D eigenvalue weighted by Gasteiger charge is -2.19. The molecule has 7 nitrogen and oxygen atoms in total. The van der Waals surface area contributed by atoms with E-state index >= 15 is 0 Å². The molecule has 0 atom stereocenters. The third-order valence-corrected chi connectivity index (χ3v) is 4.31. The molecule has 0 aliphatic carbocycles. The van der Waals surface area contributed by atoms with Gasteiger partial charge in [0, 0.05) is 17.4 Å². The first kappa shape index (κ1) is 22.0. The second-order valence-corrected chi connectivity index (χ2v) is 6.57. The molecule has 3 aromatic rings. The molecular formula is C21H27FN6O. The Kier molecular flexibility index (Phi) is 7.03. The molecule has 0 radical (unpaired) electrons. The number of pyridine rings is 1. The molecular weight excluding hydrogens is 371 g/mol. The van der Waals surface area contributed by atoms with E-state index in [-0.39, 0.29) is 35.1 Å². The predicted octanol–water partition coefficient (Wildman–Crippen LogP) is 4.12. The normalized spacial score (nSPS) is 10.6. The highest BCUT2D eigenvalue weighted by Crippen LogP contribution is 2.21. The van der Waals surface area contributed by atoms with Crippen LogP contribution in [0, 0.1) is 11.2 Å². The number of hydrogen-bond acceptors (Lipinski definition) is 6. The van der Waals surface area contributed by atoms with E-state index in [1.54, 1.807) is 29.7 Å². The van der Waals surface area contributed by atoms with Crippen LogP contribution < -0.4 is 16.6 Å². The minimum absolute atomic E-state index is 0.0808. The lowest BCUT2D eigenvalue weighted by Crippen LogP contribution is -2.27. The van der Waals surface area contributed by atoms with Gasteiger partial charge in [-0.05, 0) is 38.3 Å². The highest BCUT2D eigenvalue weighted by molar-refractivity contribution is 6.04. The summed E-state index contributed by atoms with van der Waals surface area (Å²) in [5, 5.41) is 11.6. The van der Waals surface area contributed by atoms with Crippen LogP contribution in [0.15, 0.2) is 35.4 Å². The Bertz CT molecular complexity index is 1090. The van der Waals surface area contributed by atoms with E-state index in [4.69, 9.17) is 11.1 Å². The number of benzene rings is 1. The maximum atomic E-state index is 14.2. The van der Waals surface area contributed by atoms with Gasteiger partial charge in [-0.2, -0.15) is 0 Å². The Hall–Kier alpha value is -3.29. The summed E-state index contributed by atoms with van der Waals surface area (Å²) in [6.45, 7) is 9.60. The number of nitrogen functional groups attached to an aromatic ring is 1. The molecule has 2 aromatic heterocycles. The smallest absolute Gasteiger partial charge is 0.261 e. The van der Waals surface area contributed by atoms with Crippen molar-refractivity contribution in [3.8, 4) is 0 Å². The SMILES string of the molecule is CC.CC(=N)c1c(N)ncnc1NCc1cc2cccc(F)c2c(=O)n1C(C)C. The first-order valence-electron chi connectivity index (χ1n) is 9.53. The fourth-order valence-electron chi connectivity index (χ4n) is 3.17. The van der Waals surface area contributed by atoms with Crippen molar-refractivity contribution in [2.45, 2.75) is 47.2 Å². The van der Waals surface area contributed by atoms with Gasteiger partial charge >= 0.3 is 0 Å². The minimum Gasteiger partial charge on any atom is -0.383 e. The number of anilines is 2. The van der Waals surface area contributed by atoms with Gasteiger partial charge in [-0.1, -0.05) is 26.0 Å². The number of hydrogen-bond donors (Lipinski definition) is 3. The van der Waals surface area contributed by atoms with Crippen molar-refractivity contribution >= 4 is 28.1 Å². The van der Waals surface area contributed by atoms with Gasteiger partial charge in [0.1, 0.15) is 23.8 Å². The fourth-order valence-corrected chi connectivity index (χ4v) is 3.17. The molecule has 154 valence electrons. The number of rotatable bonds is 5. The van der Waals surface area contributed by atoms with E-state index in [0.717, 1.165) is 0 Å². The zero-order valence-corrected chi connectivity index (χ0v) is 17.4. The van der Waals surface area contributed by atoms with Gasteiger partial charge < -0.3 is 21.0 Å². The Morgan fingerprint density at radius 3 is 2.62 bits per heavy atom. The molecule has 0 unspecified atom stereocenters. The molecule has 0 aliphatic heterocycles. The maximum Gasteiger partial charge on any atom is 0.261 e. The second-order valence-electron chi connectivity index (χ2n) is 6.57. The third kappa shape index (κ3) is 4.42. The summed E-state index contributed by atoms with van der Waals surface area (Å²) in [4.78, 5) is 20.9. The number of fused-ring (bicyclic) bond motifs is 1. The molecule has 29 heavy (non-hydrogen) atoms. The number of nitrogens with two attached hydrogens (primary N) is 1. The number of halogens is 1. The number of aromatic nitrogens is 3. The quantitative estimate of drug-likeness (QED) is 0.560. The predicted molar refractivity (Wildman–Crippen MR) is 116 cm³/mol. The summed E-state index contributed by atoms with van der Waals surface area (Å²) < 4.78 is 15.7. The molecule has 3 rings (SSSR count). The largest absolute Gasteiger partial charge is 0.383 e. The third-order valence-electron chi connectivity index (χ3n) is 4.31. The van der Waals surface area contributed by atoms with Gasteiger partial charge in [0.25, 0.3) is 5.56 Å². The molecule has 0 saturated carbocycles. The average molecular weight is 398 g/mol. The van der Waals surface area contributed by atoms with Crippen LogP contribution in [0.25, 0.3) is 10.8 Å². The van der Waals surface area contributed by atoms with Crippen LogP contribution in [0.3, 0.4) is 0 Å². The number of nitrogens with one attached hydrogen (secondary N) is 2. The summed E-state index contributed by atoms with van der Waals surface area (Å²) in [7, 11) is 0. The van der Waals surface area contributed by atoms with Crippen LogP contribution >= 0.6 is 0 Å². The van der Waals surface area contributed by atoms with Crippen molar-refractivity contribution < 1.29 is 4.39 Å². The van der Waals surface area contributed by atoms with Gasteiger partial charge in [0.2, 0.25) is 0 Å². The molecule has 2 heterocycles. The van der Waals surface area contributed by atoms with Crippen LogP contribution in [-0.2, 0) is 6.54 Å². The Labute approximate surface area is 169 Å². The lowest BCUT2D eigenvalue weighted by molar-refractivity contribution is 0.555. The van der Waals surface area contributed by atoms with Gasteiger partial charge in [-0.3, -0.25) is 4.79 Å². The van der Waals surface area contributed by atoms with E-state index in [1.165, 1.54) is 12.4 Å². The van der Waals surface area contributed by atoms with Crippen LogP contribution in [0.4, 0.5) is 16.0 Å². The van der Waals surface area contributed by atoms with Gasteiger partial charge in [-0.25, -0.2) is 14.4 Å².